The van der Waals surface area contributed by atoms with Crippen molar-refractivity contribution >= 4 is 39.1 Å². The Hall–Kier alpha value is -3.35. The van der Waals surface area contributed by atoms with Gasteiger partial charge in [0.25, 0.3) is 0 Å². The number of hydrogen-bond acceptors (Lipinski definition) is 11. The number of imidazole rings is 1. The van der Waals surface area contributed by atoms with Crippen LogP contribution in [0.4, 0.5) is 17.6 Å². The first-order valence-electron chi connectivity index (χ1n) is 11.8. The number of anilines is 3. The number of ether oxygens (including phenoxy) is 1. The number of aromatic nitrogens is 6. The lowest BCUT2D eigenvalue weighted by Gasteiger charge is -2.34. The highest BCUT2D eigenvalue weighted by Gasteiger charge is 2.23. The van der Waals surface area contributed by atoms with Crippen LogP contribution in [0, 0.1) is 0 Å². The molecule has 0 saturated carbocycles. The van der Waals surface area contributed by atoms with Gasteiger partial charge in [-0.15, -0.1) is 11.3 Å². The molecule has 2 aliphatic heterocycles. The van der Waals surface area contributed by atoms with Crippen molar-refractivity contribution in [3.05, 3.63) is 35.9 Å². The number of nitrogens with zero attached hydrogens (tertiary/aromatic N) is 9. The van der Waals surface area contributed by atoms with Crippen LogP contribution >= 0.6 is 11.3 Å². The lowest BCUT2D eigenvalue weighted by Crippen LogP contribution is -2.46. The molecular formula is C23H28N10OS. The highest BCUT2D eigenvalue weighted by atomic mass is 32.1. The zero-order chi connectivity index (χ0) is 23.8. The second-order valence-corrected chi connectivity index (χ2v) is 10.0. The van der Waals surface area contributed by atoms with E-state index in [0.717, 1.165) is 73.2 Å². The number of rotatable bonds is 5. The fourth-order valence-electron chi connectivity index (χ4n) is 4.53. The summed E-state index contributed by atoms with van der Waals surface area (Å²) in [5.41, 5.74) is 7.40. The molecule has 4 aromatic heterocycles. The molecule has 2 N–H and O–H groups in total. The van der Waals surface area contributed by atoms with Crippen LogP contribution < -0.4 is 15.5 Å². The predicted octanol–water partition coefficient (Wildman–Crippen LogP) is 1.62. The van der Waals surface area contributed by atoms with E-state index in [-0.39, 0.29) is 5.95 Å². The monoisotopic (exact) mass is 492 g/mol. The molecule has 0 spiro atoms. The third-order valence-corrected chi connectivity index (χ3v) is 7.52. The topological polar surface area (TPSA) is 114 Å². The third kappa shape index (κ3) is 4.64. The molecule has 0 aromatic carbocycles. The quantitative estimate of drug-likeness (QED) is 0.441. The van der Waals surface area contributed by atoms with Gasteiger partial charge >= 0.3 is 0 Å². The summed E-state index contributed by atoms with van der Waals surface area (Å²) in [5.74, 6) is 2.87. The lowest BCUT2D eigenvalue weighted by atomic mass is 10.2. The van der Waals surface area contributed by atoms with Crippen molar-refractivity contribution in [1.29, 1.82) is 0 Å². The van der Waals surface area contributed by atoms with Crippen molar-refractivity contribution < 1.29 is 4.74 Å². The second kappa shape index (κ2) is 9.36. The highest BCUT2D eigenvalue weighted by Crippen LogP contribution is 2.35. The molecule has 2 aliphatic rings. The van der Waals surface area contributed by atoms with Crippen LogP contribution in [0.15, 0.2) is 31.0 Å². The molecule has 11 nitrogen and oxygen atoms in total. The first kappa shape index (κ1) is 22.1. The first-order valence-corrected chi connectivity index (χ1v) is 12.6. The van der Waals surface area contributed by atoms with Gasteiger partial charge in [-0.05, 0) is 6.07 Å². The Labute approximate surface area is 207 Å². The van der Waals surface area contributed by atoms with E-state index in [1.165, 1.54) is 4.88 Å². The van der Waals surface area contributed by atoms with Gasteiger partial charge in [0, 0.05) is 76.3 Å². The molecule has 2 saturated heterocycles. The Kier molecular flexibility index (Phi) is 5.92. The van der Waals surface area contributed by atoms with E-state index in [0.29, 0.717) is 19.0 Å². The van der Waals surface area contributed by atoms with Crippen LogP contribution in [-0.2, 0) is 18.3 Å². The summed E-state index contributed by atoms with van der Waals surface area (Å²) in [6.07, 6.45) is 7.30. The van der Waals surface area contributed by atoms with Crippen molar-refractivity contribution in [2.45, 2.75) is 6.54 Å². The van der Waals surface area contributed by atoms with Gasteiger partial charge in [0.2, 0.25) is 5.95 Å². The smallest absolute Gasteiger partial charge is 0.219 e. The maximum atomic E-state index is 5.68. The molecule has 0 radical (unpaired) electrons. The van der Waals surface area contributed by atoms with Crippen molar-refractivity contribution in [2.24, 2.45) is 7.05 Å². The predicted molar refractivity (Wildman–Crippen MR) is 137 cm³/mol. The Balaban J connectivity index is 1.26. The number of hydrogen-bond donors (Lipinski definition) is 1. The van der Waals surface area contributed by atoms with Crippen LogP contribution in [0.5, 0.6) is 0 Å². The van der Waals surface area contributed by atoms with Crippen molar-refractivity contribution in [3.63, 3.8) is 0 Å². The zero-order valence-electron chi connectivity index (χ0n) is 19.7. The zero-order valence-corrected chi connectivity index (χ0v) is 20.5. The van der Waals surface area contributed by atoms with Crippen LogP contribution in [0.25, 0.3) is 21.6 Å². The lowest BCUT2D eigenvalue weighted by molar-refractivity contribution is 0.122. The van der Waals surface area contributed by atoms with E-state index in [9.17, 15) is 0 Å². The van der Waals surface area contributed by atoms with E-state index in [4.69, 9.17) is 20.4 Å². The van der Waals surface area contributed by atoms with Crippen LogP contribution in [0.1, 0.15) is 4.88 Å². The minimum Gasteiger partial charge on any atom is -0.378 e. The molecule has 6 heterocycles. The molecule has 0 unspecified atom stereocenters. The van der Waals surface area contributed by atoms with Gasteiger partial charge in [-0.3, -0.25) is 4.90 Å². The van der Waals surface area contributed by atoms with Gasteiger partial charge in [0.1, 0.15) is 5.82 Å². The Morgan fingerprint density at radius 3 is 2.46 bits per heavy atom. The summed E-state index contributed by atoms with van der Waals surface area (Å²) in [4.78, 5) is 31.0. The number of aryl methyl sites for hydroxylation is 1. The van der Waals surface area contributed by atoms with E-state index < -0.39 is 0 Å². The van der Waals surface area contributed by atoms with Crippen molar-refractivity contribution in [3.8, 4) is 11.4 Å². The number of morpholine rings is 1. The van der Waals surface area contributed by atoms with Gasteiger partial charge in [0.15, 0.2) is 11.6 Å². The Morgan fingerprint density at radius 2 is 1.74 bits per heavy atom. The molecule has 35 heavy (non-hydrogen) atoms. The minimum atomic E-state index is 0.240. The van der Waals surface area contributed by atoms with Gasteiger partial charge < -0.3 is 24.8 Å². The first-order chi connectivity index (χ1) is 17.1. The second-order valence-electron chi connectivity index (χ2n) is 8.89. The summed E-state index contributed by atoms with van der Waals surface area (Å²) >= 11 is 1.79. The molecule has 0 bridgehead atoms. The van der Waals surface area contributed by atoms with E-state index in [1.807, 2.05) is 17.9 Å². The molecule has 0 aliphatic carbocycles. The SMILES string of the molecule is Cn1cnc(N2CCN(Cc3cc4nc(-c5cnc(N)nc5)nc(N5CCOCC5)c4s3)CC2)c1. The molecule has 4 aromatic rings. The normalized spacial score (nSPS) is 17.4. The molecular weight excluding hydrogens is 464 g/mol. The Morgan fingerprint density at radius 1 is 0.971 bits per heavy atom. The average molecular weight is 493 g/mol. The van der Waals surface area contributed by atoms with Crippen molar-refractivity contribution in [1.82, 2.24) is 34.4 Å². The van der Waals surface area contributed by atoms with Crippen LogP contribution in [-0.4, -0.2) is 86.9 Å². The molecule has 2 fully saturated rings. The molecule has 6 rings (SSSR count). The number of nitrogens with two attached hydrogens (primary N) is 1. The maximum Gasteiger partial charge on any atom is 0.219 e. The standard InChI is InChI=1S/C23H28N10OS/c1-30-14-19(27-15-30)32-4-2-31(3-5-32)13-17-10-18-20(35-17)22(33-6-8-34-9-7-33)29-21(28-18)16-11-25-23(24)26-12-16/h10-12,14-15H,2-9,13H2,1H3,(H2,24,25,26). The number of fused-ring (bicyclic) bond motifs is 1. The summed E-state index contributed by atoms with van der Waals surface area (Å²) in [7, 11) is 2.01. The summed E-state index contributed by atoms with van der Waals surface area (Å²) in [5, 5.41) is 0. The fraction of sp³-hybridized carbons (Fsp3) is 0.435. The number of piperazine rings is 1. The summed E-state index contributed by atoms with van der Waals surface area (Å²) in [6.45, 7) is 7.87. The molecule has 0 amide bonds. The third-order valence-electron chi connectivity index (χ3n) is 6.41. The molecule has 12 heteroatoms. The molecule has 0 atom stereocenters. The van der Waals surface area contributed by atoms with Gasteiger partial charge in [-0.1, -0.05) is 0 Å². The maximum absolute atomic E-state index is 5.68. The minimum absolute atomic E-state index is 0.240. The van der Waals surface area contributed by atoms with Crippen molar-refractivity contribution in [2.75, 3.05) is 68.0 Å². The van der Waals surface area contributed by atoms with Gasteiger partial charge in [-0.25, -0.2) is 24.9 Å². The van der Waals surface area contributed by atoms with Crippen LogP contribution in [0.2, 0.25) is 0 Å². The summed E-state index contributed by atoms with van der Waals surface area (Å²) in [6, 6.07) is 2.21. The van der Waals surface area contributed by atoms with E-state index in [2.05, 4.69) is 41.9 Å². The van der Waals surface area contributed by atoms with Crippen LogP contribution in [0.3, 0.4) is 0 Å². The highest BCUT2D eigenvalue weighted by molar-refractivity contribution is 7.19. The number of nitrogen functional groups attached to an aromatic ring is 1. The van der Waals surface area contributed by atoms with E-state index >= 15 is 0 Å². The van der Waals surface area contributed by atoms with Gasteiger partial charge in [-0.2, -0.15) is 0 Å². The fourth-order valence-corrected chi connectivity index (χ4v) is 5.69. The summed E-state index contributed by atoms with van der Waals surface area (Å²) < 4.78 is 8.69. The molecule has 182 valence electrons. The number of thiophene rings is 1. The average Bonchev–Trinajstić information content (AvgIpc) is 3.50. The van der Waals surface area contributed by atoms with Gasteiger partial charge in [0.05, 0.1) is 35.3 Å². The van der Waals surface area contributed by atoms with E-state index in [1.54, 1.807) is 23.7 Å². The Bertz CT molecular complexity index is 1310. The largest absolute Gasteiger partial charge is 0.378 e.